The Morgan fingerprint density at radius 1 is 0.938 bits per heavy atom. The van der Waals surface area contributed by atoms with E-state index in [2.05, 4.69) is 15.0 Å². The molecule has 0 aliphatic heterocycles. The van der Waals surface area contributed by atoms with Gasteiger partial charge in [-0.2, -0.15) is 13.2 Å². The van der Waals surface area contributed by atoms with Gasteiger partial charge < -0.3 is 5.11 Å². The van der Waals surface area contributed by atoms with Gasteiger partial charge in [-0.3, -0.25) is 4.57 Å². The summed E-state index contributed by atoms with van der Waals surface area (Å²) in [6.07, 6.45) is -3.73. The van der Waals surface area contributed by atoms with E-state index in [0.29, 0.717) is 24.3 Å². The van der Waals surface area contributed by atoms with Gasteiger partial charge in [-0.1, -0.05) is 13.8 Å². The Bertz CT molecular complexity index is 1320. The van der Waals surface area contributed by atoms with Crippen LogP contribution in [0.1, 0.15) is 31.2 Å². The lowest BCUT2D eigenvalue weighted by Gasteiger charge is -2.13. The summed E-state index contributed by atoms with van der Waals surface area (Å²) in [6, 6.07) is 3.69. The fourth-order valence-electron chi connectivity index (χ4n) is 3.29. The van der Waals surface area contributed by atoms with Crippen LogP contribution in [0.15, 0.2) is 36.5 Å². The van der Waals surface area contributed by atoms with Crippen LogP contribution in [0.5, 0.6) is 5.75 Å². The molecule has 2 aromatic carbocycles. The number of phenolic OH excluding ortho intramolecular Hbond substituents is 1. The van der Waals surface area contributed by atoms with Crippen LogP contribution in [-0.2, 0) is 6.18 Å². The fourth-order valence-corrected chi connectivity index (χ4v) is 3.29. The number of rotatable bonds is 3. The summed E-state index contributed by atoms with van der Waals surface area (Å²) in [6.45, 7) is 3.44. The predicted molar refractivity (Wildman–Crippen MR) is 103 cm³/mol. The molecule has 0 bridgehead atoms. The Labute approximate surface area is 177 Å². The molecule has 0 aliphatic carbocycles. The van der Waals surface area contributed by atoms with Crippen LogP contribution in [0.4, 0.5) is 26.3 Å². The number of aromatic hydroxyl groups is 1. The minimum Gasteiger partial charge on any atom is -0.508 e. The van der Waals surface area contributed by atoms with Crippen molar-refractivity contribution in [2.45, 2.75) is 25.9 Å². The van der Waals surface area contributed by atoms with Crippen LogP contribution < -0.4 is 0 Å². The number of benzene rings is 2. The van der Waals surface area contributed by atoms with Crippen molar-refractivity contribution in [3.63, 3.8) is 0 Å². The summed E-state index contributed by atoms with van der Waals surface area (Å²) in [5.41, 5.74) is -2.13. The molecule has 2 heterocycles. The van der Waals surface area contributed by atoms with Gasteiger partial charge in [-0.25, -0.2) is 28.1 Å². The van der Waals surface area contributed by atoms with Gasteiger partial charge in [0.25, 0.3) is 0 Å². The first-order valence-corrected chi connectivity index (χ1v) is 9.28. The SMILES string of the molecule is CC(C)c1nc2cnc(-c3ccc(F)c(C(F)(F)F)c3)nc2n1-c1c(F)cc(O)cc1F. The second-order valence-electron chi connectivity index (χ2n) is 7.31. The fraction of sp³-hybridized carbons (Fsp3) is 0.190. The molecule has 4 aromatic rings. The average Bonchev–Trinajstić information content (AvgIpc) is 3.05. The van der Waals surface area contributed by atoms with E-state index in [4.69, 9.17) is 0 Å². The molecule has 166 valence electrons. The summed E-state index contributed by atoms with van der Waals surface area (Å²) in [5.74, 6) is -4.61. The number of halogens is 6. The molecule has 0 aliphatic rings. The molecule has 4 rings (SSSR count). The largest absolute Gasteiger partial charge is 0.508 e. The van der Waals surface area contributed by atoms with Gasteiger partial charge in [-0.15, -0.1) is 0 Å². The van der Waals surface area contributed by atoms with Crippen molar-refractivity contribution in [2.24, 2.45) is 0 Å². The van der Waals surface area contributed by atoms with Crippen LogP contribution in [0, 0.1) is 17.5 Å². The Balaban J connectivity index is 1.99. The maximum absolute atomic E-state index is 14.6. The van der Waals surface area contributed by atoms with Crippen LogP contribution in [0.2, 0.25) is 0 Å². The lowest BCUT2D eigenvalue weighted by Crippen LogP contribution is -2.09. The highest BCUT2D eigenvalue weighted by Gasteiger charge is 2.34. The second-order valence-corrected chi connectivity index (χ2v) is 7.31. The molecule has 1 N–H and O–H groups in total. The van der Waals surface area contributed by atoms with Gasteiger partial charge in [0.15, 0.2) is 23.1 Å². The van der Waals surface area contributed by atoms with E-state index in [1.807, 2.05) is 0 Å². The summed E-state index contributed by atoms with van der Waals surface area (Å²) < 4.78 is 83.3. The van der Waals surface area contributed by atoms with Gasteiger partial charge in [0.05, 0.1) is 11.8 Å². The van der Waals surface area contributed by atoms with E-state index >= 15 is 0 Å². The molecular weight excluding hydrogens is 438 g/mol. The maximum atomic E-state index is 14.6. The Kier molecular flexibility index (Phi) is 5.06. The molecule has 0 radical (unpaired) electrons. The minimum absolute atomic E-state index is 0.0694. The van der Waals surface area contributed by atoms with E-state index in [9.17, 15) is 31.4 Å². The third-order valence-electron chi connectivity index (χ3n) is 4.70. The third-order valence-corrected chi connectivity index (χ3v) is 4.70. The smallest absolute Gasteiger partial charge is 0.419 e. The highest BCUT2D eigenvalue weighted by molar-refractivity contribution is 5.76. The normalized spacial score (nSPS) is 12.2. The molecule has 0 saturated carbocycles. The second kappa shape index (κ2) is 7.50. The van der Waals surface area contributed by atoms with Crippen molar-refractivity contribution >= 4 is 11.2 Å². The van der Waals surface area contributed by atoms with Crippen molar-refractivity contribution in [3.8, 4) is 22.8 Å². The number of hydrogen-bond donors (Lipinski definition) is 1. The highest BCUT2D eigenvalue weighted by atomic mass is 19.4. The molecule has 0 saturated heterocycles. The van der Waals surface area contributed by atoms with Crippen molar-refractivity contribution in [2.75, 3.05) is 0 Å². The zero-order valence-electron chi connectivity index (χ0n) is 16.5. The molecule has 32 heavy (non-hydrogen) atoms. The van der Waals surface area contributed by atoms with E-state index in [-0.39, 0.29) is 34.3 Å². The zero-order chi connectivity index (χ0) is 23.4. The van der Waals surface area contributed by atoms with Crippen LogP contribution in [0.3, 0.4) is 0 Å². The van der Waals surface area contributed by atoms with E-state index in [1.54, 1.807) is 13.8 Å². The summed E-state index contributed by atoms with van der Waals surface area (Å²) in [7, 11) is 0. The monoisotopic (exact) mass is 452 g/mol. The summed E-state index contributed by atoms with van der Waals surface area (Å²) >= 11 is 0. The number of hydrogen-bond acceptors (Lipinski definition) is 4. The topological polar surface area (TPSA) is 63.8 Å². The molecule has 0 spiro atoms. The van der Waals surface area contributed by atoms with E-state index < -0.39 is 40.6 Å². The van der Waals surface area contributed by atoms with Crippen molar-refractivity contribution in [1.29, 1.82) is 0 Å². The molecule has 0 amide bonds. The summed E-state index contributed by atoms with van der Waals surface area (Å²) in [5, 5.41) is 9.46. The summed E-state index contributed by atoms with van der Waals surface area (Å²) in [4.78, 5) is 12.5. The van der Waals surface area contributed by atoms with Crippen LogP contribution in [0.25, 0.3) is 28.2 Å². The van der Waals surface area contributed by atoms with Crippen molar-refractivity contribution in [3.05, 3.63) is 65.4 Å². The number of aromatic nitrogens is 4. The van der Waals surface area contributed by atoms with Crippen LogP contribution >= 0.6 is 0 Å². The molecule has 0 unspecified atom stereocenters. The molecule has 0 fully saturated rings. The van der Waals surface area contributed by atoms with Gasteiger partial charge in [0.1, 0.15) is 28.6 Å². The molecule has 11 heteroatoms. The molecule has 2 aromatic heterocycles. The van der Waals surface area contributed by atoms with Gasteiger partial charge in [0, 0.05) is 23.6 Å². The van der Waals surface area contributed by atoms with Gasteiger partial charge >= 0.3 is 6.18 Å². The average molecular weight is 452 g/mol. The predicted octanol–water partition coefficient (Wildman–Crippen LogP) is 5.75. The Hall–Kier alpha value is -3.63. The maximum Gasteiger partial charge on any atom is 0.419 e. The minimum atomic E-state index is -4.94. The first-order valence-electron chi connectivity index (χ1n) is 9.28. The quantitative estimate of drug-likeness (QED) is 0.402. The zero-order valence-corrected chi connectivity index (χ0v) is 16.5. The van der Waals surface area contributed by atoms with Crippen molar-refractivity contribution < 1.29 is 31.4 Å². The number of alkyl halides is 3. The van der Waals surface area contributed by atoms with Gasteiger partial charge in [-0.05, 0) is 18.2 Å². The lowest BCUT2D eigenvalue weighted by molar-refractivity contribution is -0.139. The molecular formula is C21H14F6N4O. The van der Waals surface area contributed by atoms with E-state index in [1.165, 1.54) is 6.20 Å². The van der Waals surface area contributed by atoms with Crippen LogP contribution in [-0.4, -0.2) is 24.6 Å². The number of phenols is 1. The highest BCUT2D eigenvalue weighted by Crippen LogP contribution is 2.35. The first-order chi connectivity index (χ1) is 15.0. The first kappa shape index (κ1) is 21.6. The Morgan fingerprint density at radius 2 is 1.59 bits per heavy atom. The van der Waals surface area contributed by atoms with E-state index in [0.717, 1.165) is 10.6 Å². The number of fused-ring (bicyclic) bond motifs is 1. The lowest BCUT2D eigenvalue weighted by atomic mass is 10.1. The molecule has 0 atom stereocenters. The molecule has 5 nitrogen and oxygen atoms in total. The standard InChI is InChI=1S/C21H14F6N4O/c1-9(2)19-29-16-8-28-18(10-3-4-13(22)12(5-10)21(25,26)27)30-20(16)31(19)17-14(23)6-11(32)7-15(17)24/h3-9,32H,1-2H3. The number of nitrogens with zero attached hydrogens (tertiary/aromatic N) is 4. The Morgan fingerprint density at radius 3 is 2.19 bits per heavy atom. The number of imidazole rings is 1. The van der Waals surface area contributed by atoms with Gasteiger partial charge in [0.2, 0.25) is 0 Å². The van der Waals surface area contributed by atoms with Crippen molar-refractivity contribution in [1.82, 2.24) is 19.5 Å². The third kappa shape index (κ3) is 3.63.